The van der Waals surface area contributed by atoms with Crippen molar-refractivity contribution in [3.05, 3.63) is 65.5 Å². The summed E-state index contributed by atoms with van der Waals surface area (Å²) in [5, 5.41) is 0. The molecule has 0 heterocycles. The van der Waals surface area contributed by atoms with Crippen LogP contribution in [0.5, 0.6) is 0 Å². The van der Waals surface area contributed by atoms with Gasteiger partial charge in [-0.1, -0.05) is 24.3 Å². The average Bonchev–Trinajstić information content (AvgIpc) is 2.33. The van der Waals surface area contributed by atoms with E-state index in [4.69, 9.17) is 0 Å². The van der Waals surface area contributed by atoms with Crippen molar-refractivity contribution in [1.29, 1.82) is 0 Å². The number of aliphatic imine (C=N–C) groups is 1. The largest absolute Gasteiger partial charge is 0.253 e. The highest BCUT2D eigenvalue weighted by Crippen LogP contribution is 2.17. The third kappa shape index (κ3) is 2.53. The Morgan fingerprint density at radius 2 is 1.53 bits per heavy atom. The average molecular weight is 235 g/mol. The van der Waals surface area contributed by atoms with E-state index in [9.17, 15) is 13.2 Å². The highest BCUT2D eigenvalue weighted by Gasteiger charge is 2.05. The molecular weight excluding hydrogens is 227 g/mol. The lowest BCUT2D eigenvalue weighted by Gasteiger charge is -1.98. The van der Waals surface area contributed by atoms with Gasteiger partial charge in [0.15, 0.2) is 11.6 Å². The van der Waals surface area contributed by atoms with E-state index in [0.29, 0.717) is 0 Å². The molecule has 0 N–H and O–H groups in total. The predicted molar refractivity (Wildman–Crippen MR) is 60.0 cm³/mol. The lowest BCUT2D eigenvalue weighted by Crippen LogP contribution is -1.91. The van der Waals surface area contributed by atoms with Crippen molar-refractivity contribution in [3.8, 4) is 0 Å². The van der Waals surface area contributed by atoms with Crippen LogP contribution in [-0.4, -0.2) is 6.21 Å². The number of hydrogen-bond acceptors (Lipinski definition) is 1. The van der Waals surface area contributed by atoms with Crippen LogP contribution in [0.25, 0.3) is 0 Å². The summed E-state index contributed by atoms with van der Waals surface area (Å²) in [6, 6.07) is 9.56. The number of rotatable bonds is 2. The number of benzene rings is 2. The third-order valence-corrected chi connectivity index (χ3v) is 2.18. The van der Waals surface area contributed by atoms with Crippen molar-refractivity contribution in [2.75, 3.05) is 0 Å². The minimum Gasteiger partial charge on any atom is -0.253 e. The summed E-state index contributed by atoms with van der Waals surface area (Å²) >= 11 is 0. The molecule has 0 aliphatic carbocycles. The summed E-state index contributed by atoms with van der Waals surface area (Å²) in [4.78, 5) is 3.77. The molecule has 0 atom stereocenters. The van der Waals surface area contributed by atoms with Gasteiger partial charge in [0.05, 0.1) is 5.69 Å². The van der Waals surface area contributed by atoms with Crippen LogP contribution in [0.15, 0.2) is 47.5 Å². The smallest absolute Gasteiger partial charge is 0.167 e. The van der Waals surface area contributed by atoms with E-state index in [1.807, 2.05) is 0 Å². The maximum Gasteiger partial charge on any atom is 0.167 e. The predicted octanol–water partition coefficient (Wildman–Crippen LogP) is 3.85. The first kappa shape index (κ1) is 11.4. The van der Waals surface area contributed by atoms with Crippen LogP contribution in [0.3, 0.4) is 0 Å². The second kappa shape index (κ2) is 4.82. The molecule has 0 bridgehead atoms. The molecule has 0 radical (unpaired) electrons. The maximum absolute atomic E-state index is 13.2. The molecule has 0 fully saturated rings. The van der Waals surface area contributed by atoms with Crippen LogP contribution in [-0.2, 0) is 0 Å². The molecule has 0 unspecified atom stereocenters. The quantitative estimate of drug-likeness (QED) is 0.701. The zero-order valence-electron chi connectivity index (χ0n) is 8.70. The fraction of sp³-hybridized carbons (Fsp3) is 0. The van der Waals surface area contributed by atoms with Crippen LogP contribution in [0.2, 0.25) is 0 Å². The minimum atomic E-state index is -0.993. The van der Waals surface area contributed by atoms with Gasteiger partial charge in [-0.15, -0.1) is 0 Å². The summed E-state index contributed by atoms with van der Waals surface area (Å²) < 4.78 is 39.3. The fourth-order valence-corrected chi connectivity index (χ4v) is 1.32. The lowest BCUT2D eigenvalue weighted by atomic mass is 10.2. The molecule has 0 spiro atoms. The Balaban J connectivity index is 2.33. The Kier molecular flexibility index (Phi) is 3.23. The van der Waals surface area contributed by atoms with Crippen LogP contribution in [0.1, 0.15) is 5.56 Å². The Morgan fingerprint density at radius 3 is 2.29 bits per heavy atom. The van der Waals surface area contributed by atoms with Crippen LogP contribution in [0.4, 0.5) is 18.9 Å². The second-order valence-corrected chi connectivity index (χ2v) is 3.35. The minimum absolute atomic E-state index is 0.0201. The van der Waals surface area contributed by atoms with Gasteiger partial charge in [0.2, 0.25) is 0 Å². The molecule has 2 aromatic rings. The molecule has 4 heteroatoms. The Morgan fingerprint density at radius 1 is 0.824 bits per heavy atom. The van der Waals surface area contributed by atoms with Crippen LogP contribution < -0.4 is 0 Å². The van der Waals surface area contributed by atoms with Crippen molar-refractivity contribution < 1.29 is 13.2 Å². The molecular formula is C13H8F3N. The summed E-state index contributed by atoms with van der Waals surface area (Å²) in [6.07, 6.45) is 1.09. The second-order valence-electron chi connectivity index (χ2n) is 3.35. The number of para-hydroxylation sites is 1. The molecule has 86 valence electrons. The van der Waals surface area contributed by atoms with Crippen molar-refractivity contribution in [2.24, 2.45) is 4.99 Å². The first-order valence-corrected chi connectivity index (χ1v) is 4.91. The van der Waals surface area contributed by atoms with E-state index >= 15 is 0 Å². The molecule has 0 aliphatic heterocycles. The SMILES string of the molecule is Fc1ccccc1/N=C/c1cccc(F)c1F. The number of nitrogens with zero attached hydrogens (tertiary/aromatic N) is 1. The van der Waals surface area contributed by atoms with Crippen LogP contribution in [0, 0.1) is 17.5 Å². The van der Waals surface area contributed by atoms with Crippen molar-refractivity contribution in [3.63, 3.8) is 0 Å². The van der Waals surface area contributed by atoms with Gasteiger partial charge in [-0.3, -0.25) is 4.99 Å². The first-order chi connectivity index (χ1) is 8.18. The van der Waals surface area contributed by atoms with E-state index in [1.54, 1.807) is 6.07 Å². The lowest BCUT2D eigenvalue weighted by molar-refractivity contribution is 0.507. The zero-order valence-corrected chi connectivity index (χ0v) is 8.70. The summed E-state index contributed by atoms with van der Waals surface area (Å²) in [5.41, 5.74) is 0.0596. The molecule has 17 heavy (non-hydrogen) atoms. The highest BCUT2D eigenvalue weighted by molar-refractivity contribution is 5.82. The van der Waals surface area contributed by atoms with Gasteiger partial charge < -0.3 is 0 Å². The zero-order chi connectivity index (χ0) is 12.3. The fourth-order valence-electron chi connectivity index (χ4n) is 1.32. The standard InChI is InChI=1S/C13H8F3N/c14-10-5-1-2-7-12(10)17-8-9-4-3-6-11(15)13(9)16/h1-8H/b17-8+. The molecule has 0 saturated heterocycles. The van der Waals surface area contributed by atoms with Crippen molar-refractivity contribution >= 4 is 11.9 Å². The van der Waals surface area contributed by atoms with Gasteiger partial charge in [0, 0.05) is 11.8 Å². The van der Waals surface area contributed by atoms with E-state index in [0.717, 1.165) is 12.3 Å². The third-order valence-electron chi connectivity index (χ3n) is 2.18. The molecule has 2 aromatic carbocycles. The van der Waals surface area contributed by atoms with Gasteiger partial charge in [-0.2, -0.15) is 0 Å². The van der Waals surface area contributed by atoms with E-state index in [-0.39, 0.29) is 11.3 Å². The highest BCUT2D eigenvalue weighted by atomic mass is 19.2. The monoisotopic (exact) mass is 235 g/mol. The normalized spacial score (nSPS) is 11.0. The summed E-state index contributed by atoms with van der Waals surface area (Å²) in [7, 11) is 0. The van der Waals surface area contributed by atoms with Gasteiger partial charge in [-0.05, 0) is 18.2 Å². The Hall–Kier alpha value is -2.10. The maximum atomic E-state index is 13.2. The molecule has 0 saturated carbocycles. The van der Waals surface area contributed by atoms with Gasteiger partial charge in [-0.25, -0.2) is 13.2 Å². The molecule has 2 rings (SSSR count). The van der Waals surface area contributed by atoms with Crippen LogP contribution >= 0.6 is 0 Å². The molecule has 1 nitrogen and oxygen atoms in total. The number of halogens is 3. The molecule has 0 aromatic heterocycles. The first-order valence-electron chi connectivity index (χ1n) is 4.91. The van der Waals surface area contributed by atoms with E-state index in [1.165, 1.54) is 30.3 Å². The van der Waals surface area contributed by atoms with Gasteiger partial charge >= 0.3 is 0 Å². The van der Waals surface area contributed by atoms with E-state index < -0.39 is 17.5 Å². The molecule has 0 amide bonds. The van der Waals surface area contributed by atoms with Crippen molar-refractivity contribution in [2.45, 2.75) is 0 Å². The van der Waals surface area contributed by atoms with Crippen molar-refractivity contribution in [1.82, 2.24) is 0 Å². The summed E-state index contributed by atoms with van der Waals surface area (Å²) in [6.45, 7) is 0. The number of hydrogen-bond donors (Lipinski definition) is 0. The summed E-state index contributed by atoms with van der Waals surface area (Å²) in [5.74, 6) is -2.46. The van der Waals surface area contributed by atoms with Gasteiger partial charge in [0.25, 0.3) is 0 Å². The molecule has 0 aliphatic rings. The Labute approximate surface area is 96.2 Å². The van der Waals surface area contributed by atoms with E-state index in [2.05, 4.69) is 4.99 Å². The Bertz CT molecular complexity index is 564. The topological polar surface area (TPSA) is 12.4 Å². The van der Waals surface area contributed by atoms with Gasteiger partial charge in [0.1, 0.15) is 5.82 Å².